The Morgan fingerprint density at radius 2 is 2.08 bits per heavy atom. The number of carbonyl (C=O) groups is 1. The highest BCUT2D eigenvalue weighted by atomic mass is 16.1. The van der Waals surface area contributed by atoms with Crippen LogP contribution in [0.1, 0.15) is 38.2 Å². The number of pyridine rings is 1. The second kappa shape index (κ2) is 8.67. The molecule has 2 aromatic rings. The largest absolute Gasteiger partial charge is 0.356 e. The van der Waals surface area contributed by atoms with Crippen molar-refractivity contribution < 1.29 is 4.79 Å². The van der Waals surface area contributed by atoms with E-state index in [4.69, 9.17) is 0 Å². The molecule has 6 heteroatoms. The molecule has 6 nitrogen and oxygen atoms in total. The van der Waals surface area contributed by atoms with Crippen molar-refractivity contribution in [2.24, 2.45) is 0 Å². The summed E-state index contributed by atoms with van der Waals surface area (Å²) in [6.07, 6.45) is 10.2. The van der Waals surface area contributed by atoms with E-state index >= 15 is 0 Å². The molecule has 1 atom stereocenters. The van der Waals surface area contributed by atoms with E-state index < -0.39 is 0 Å². The normalized spacial score (nSPS) is 18.0. The molecule has 0 saturated carbocycles. The van der Waals surface area contributed by atoms with E-state index in [1.807, 2.05) is 30.6 Å². The molecule has 3 heterocycles. The summed E-state index contributed by atoms with van der Waals surface area (Å²) in [4.78, 5) is 26.8. The highest BCUT2D eigenvalue weighted by molar-refractivity contribution is 5.72. The Kier molecular flexibility index (Phi) is 6.06. The number of likely N-dealkylation sites (tertiary alicyclic amines) is 1. The maximum atomic E-state index is 11.1. The van der Waals surface area contributed by atoms with Crippen LogP contribution in [0.15, 0.2) is 36.8 Å². The van der Waals surface area contributed by atoms with Crippen molar-refractivity contribution in [1.82, 2.24) is 25.2 Å². The molecular formula is C19H25N5O. The lowest BCUT2D eigenvalue weighted by Crippen LogP contribution is -2.41. The van der Waals surface area contributed by atoms with Gasteiger partial charge in [-0.25, -0.2) is 9.97 Å². The van der Waals surface area contributed by atoms with Gasteiger partial charge in [0.2, 0.25) is 5.91 Å². The first kappa shape index (κ1) is 17.5. The molecular weight excluding hydrogens is 314 g/mol. The molecule has 1 amide bonds. The topological polar surface area (TPSA) is 71.0 Å². The van der Waals surface area contributed by atoms with Crippen LogP contribution in [-0.2, 0) is 11.3 Å². The maximum absolute atomic E-state index is 11.1. The zero-order valence-electron chi connectivity index (χ0n) is 14.7. The highest BCUT2D eigenvalue weighted by Gasteiger charge is 2.22. The minimum atomic E-state index is 0.0425. The third kappa shape index (κ3) is 5.06. The molecule has 25 heavy (non-hydrogen) atoms. The number of nitrogens with zero attached hydrogens (tertiary/aromatic N) is 4. The fraction of sp³-hybridized carbons (Fsp3) is 0.474. The SMILES string of the molecule is CC(=O)NCC[C@@H]1CCCCN1Cc1cnc(-c2ccccn2)nc1. The van der Waals surface area contributed by atoms with E-state index in [0.717, 1.165) is 37.3 Å². The molecule has 0 unspecified atom stereocenters. The lowest BCUT2D eigenvalue weighted by Gasteiger charge is -2.35. The average Bonchev–Trinajstić information content (AvgIpc) is 2.64. The number of hydrogen-bond donors (Lipinski definition) is 1. The number of hydrogen-bond acceptors (Lipinski definition) is 5. The fourth-order valence-corrected chi connectivity index (χ4v) is 3.31. The minimum absolute atomic E-state index is 0.0425. The van der Waals surface area contributed by atoms with E-state index in [9.17, 15) is 4.79 Å². The van der Waals surface area contributed by atoms with Crippen LogP contribution < -0.4 is 5.32 Å². The summed E-state index contributed by atoms with van der Waals surface area (Å²) in [7, 11) is 0. The van der Waals surface area contributed by atoms with Crippen LogP contribution in [0.5, 0.6) is 0 Å². The van der Waals surface area contributed by atoms with E-state index in [1.54, 1.807) is 13.1 Å². The first-order valence-corrected chi connectivity index (χ1v) is 8.93. The van der Waals surface area contributed by atoms with Gasteiger partial charge in [-0.3, -0.25) is 14.7 Å². The minimum Gasteiger partial charge on any atom is -0.356 e. The van der Waals surface area contributed by atoms with E-state index in [2.05, 4.69) is 25.2 Å². The van der Waals surface area contributed by atoms with E-state index in [-0.39, 0.29) is 5.91 Å². The van der Waals surface area contributed by atoms with Gasteiger partial charge in [-0.15, -0.1) is 0 Å². The van der Waals surface area contributed by atoms with Crippen molar-refractivity contribution in [3.8, 4) is 11.5 Å². The Morgan fingerprint density at radius 1 is 1.24 bits per heavy atom. The van der Waals surface area contributed by atoms with Gasteiger partial charge in [0.15, 0.2) is 5.82 Å². The summed E-state index contributed by atoms with van der Waals surface area (Å²) in [6.45, 7) is 4.25. The van der Waals surface area contributed by atoms with E-state index in [0.29, 0.717) is 11.9 Å². The van der Waals surface area contributed by atoms with Crippen molar-refractivity contribution >= 4 is 5.91 Å². The van der Waals surface area contributed by atoms with Crippen molar-refractivity contribution in [2.45, 2.75) is 45.2 Å². The van der Waals surface area contributed by atoms with Gasteiger partial charge < -0.3 is 5.32 Å². The Hall–Kier alpha value is -2.34. The van der Waals surface area contributed by atoms with Gasteiger partial charge in [-0.05, 0) is 37.9 Å². The number of amides is 1. The molecule has 1 N–H and O–H groups in total. The Morgan fingerprint density at radius 3 is 2.80 bits per heavy atom. The molecule has 1 aliphatic heterocycles. The number of rotatable bonds is 6. The van der Waals surface area contributed by atoms with Crippen molar-refractivity contribution in [3.63, 3.8) is 0 Å². The molecule has 0 spiro atoms. The fourth-order valence-electron chi connectivity index (χ4n) is 3.31. The van der Waals surface area contributed by atoms with Gasteiger partial charge in [0, 0.05) is 50.2 Å². The second-order valence-corrected chi connectivity index (χ2v) is 6.52. The van der Waals surface area contributed by atoms with Crippen molar-refractivity contribution in [3.05, 3.63) is 42.4 Å². The van der Waals surface area contributed by atoms with E-state index in [1.165, 1.54) is 19.3 Å². The predicted molar refractivity (Wildman–Crippen MR) is 96.6 cm³/mol. The van der Waals surface area contributed by atoms with Crippen LogP contribution in [0.25, 0.3) is 11.5 Å². The quantitative estimate of drug-likeness (QED) is 0.875. The molecule has 3 rings (SSSR count). The van der Waals surface area contributed by atoms with Gasteiger partial charge in [-0.2, -0.15) is 0 Å². The molecule has 132 valence electrons. The van der Waals surface area contributed by atoms with Gasteiger partial charge in [-0.1, -0.05) is 12.5 Å². The molecule has 1 fully saturated rings. The standard InChI is InChI=1S/C19H25N5O/c1-15(25)20-10-8-17-6-3-5-11-24(17)14-16-12-22-19(23-13-16)18-7-2-4-9-21-18/h2,4,7,9,12-13,17H,3,5-6,8,10-11,14H2,1H3,(H,20,25)/t17-/m0/s1. The maximum Gasteiger partial charge on any atom is 0.216 e. The van der Waals surface area contributed by atoms with Crippen LogP contribution >= 0.6 is 0 Å². The lowest BCUT2D eigenvalue weighted by molar-refractivity contribution is -0.119. The summed E-state index contributed by atoms with van der Waals surface area (Å²) in [5, 5.41) is 2.91. The third-order valence-electron chi connectivity index (χ3n) is 4.59. The Balaban J connectivity index is 1.60. The first-order valence-electron chi connectivity index (χ1n) is 8.93. The lowest BCUT2D eigenvalue weighted by atomic mass is 9.99. The number of piperidine rings is 1. The van der Waals surface area contributed by atoms with Crippen molar-refractivity contribution in [1.29, 1.82) is 0 Å². The van der Waals surface area contributed by atoms with Gasteiger partial charge in [0.1, 0.15) is 5.69 Å². The number of carbonyl (C=O) groups excluding carboxylic acids is 1. The zero-order valence-corrected chi connectivity index (χ0v) is 14.7. The van der Waals surface area contributed by atoms with Crippen molar-refractivity contribution in [2.75, 3.05) is 13.1 Å². The summed E-state index contributed by atoms with van der Waals surface area (Å²) in [6, 6.07) is 6.25. The molecule has 2 aromatic heterocycles. The summed E-state index contributed by atoms with van der Waals surface area (Å²) in [5.41, 5.74) is 1.91. The first-order chi connectivity index (χ1) is 12.2. The molecule has 0 radical (unpaired) electrons. The van der Waals surface area contributed by atoms with Crippen LogP contribution in [0, 0.1) is 0 Å². The summed E-state index contributed by atoms with van der Waals surface area (Å²) >= 11 is 0. The van der Waals surface area contributed by atoms with Gasteiger partial charge in [0.25, 0.3) is 0 Å². The second-order valence-electron chi connectivity index (χ2n) is 6.52. The third-order valence-corrected chi connectivity index (χ3v) is 4.59. The van der Waals surface area contributed by atoms with Crippen LogP contribution in [-0.4, -0.2) is 44.9 Å². The van der Waals surface area contributed by atoms with Gasteiger partial charge in [0.05, 0.1) is 0 Å². The van der Waals surface area contributed by atoms with Gasteiger partial charge >= 0.3 is 0 Å². The van der Waals surface area contributed by atoms with Crippen LogP contribution in [0.2, 0.25) is 0 Å². The number of aromatic nitrogens is 3. The zero-order chi connectivity index (χ0) is 17.5. The molecule has 1 saturated heterocycles. The summed E-state index contributed by atoms with van der Waals surface area (Å²) < 4.78 is 0. The molecule has 1 aliphatic rings. The predicted octanol–water partition coefficient (Wildman–Crippen LogP) is 2.42. The Bertz CT molecular complexity index is 674. The average molecular weight is 339 g/mol. The van der Waals surface area contributed by atoms with Crippen LogP contribution in [0.3, 0.4) is 0 Å². The monoisotopic (exact) mass is 339 g/mol. The molecule has 0 aromatic carbocycles. The van der Waals surface area contributed by atoms with Crippen LogP contribution in [0.4, 0.5) is 0 Å². The molecule has 0 bridgehead atoms. The smallest absolute Gasteiger partial charge is 0.216 e. The summed E-state index contributed by atoms with van der Waals surface area (Å²) in [5.74, 6) is 0.700. The highest BCUT2D eigenvalue weighted by Crippen LogP contribution is 2.21. The Labute approximate surface area is 148 Å². The number of nitrogens with one attached hydrogen (secondary N) is 1. The molecule has 0 aliphatic carbocycles.